The van der Waals surface area contributed by atoms with Crippen molar-refractivity contribution in [1.29, 1.82) is 0 Å². The highest BCUT2D eigenvalue weighted by Gasteiger charge is 2.46. The fourth-order valence-corrected chi connectivity index (χ4v) is 4.62. The molecule has 7 nitrogen and oxygen atoms in total. The van der Waals surface area contributed by atoms with Gasteiger partial charge >= 0.3 is 0 Å². The normalized spacial score (nSPS) is 16.9. The zero-order valence-electron chi connectivity index (χ0n) is 23.2. The number of likely N-dealkylation sites (N-methyl/N-ethyl adjacent to an activating group) is 1. The van der Waals surface area contributed by atoms with E-state index in [0.29, 0.717) is 37.6 Å². The van der Waals surface area contributed by atoms with Crippen LogP contribution in [-0.2, 0) is 9.59 Å². The molecule has 1 aliphatic heterocycles. The van der Waals surface area contributed by atoms with Crippen LogP contribution in [-0.4, -0.2) is 66.0 Å². The first-order chi connectivity index (χ1) is 18.4. The average molecular weight is 523 g/mol. The number of hydrogen-bond donors (Lipinski definition) is 1. The van der Waals surface area contributed by atoms with E-state index >= 15 is 0 Å². The number of unbranched alkanes of at least 4 members (excludes halogenated alkanes) is 2. The lowest BCUT2D eigenvalue weighted by atomic mass is 9.95. The first-order valence-electron chi connectivity index (χ1n) is 13.9. The third-order valence-electron chi connectivity index (χ3n) is 6.90. The van der Waals surface area contributed by atoms with Gasteiger partial charge in [-0.1, -0.05) is 52.7 Å². The molecule has 1 amide bonds. The summed E-state index contributed by atoms with van der Waals surface area (Å²) in [5.41, 5.74) is 1.33. The maximum absolute atomic E-state index is 13.3. The van der Waals surface area contributed by atoms with Crippen molar-refractivity contribution < 1.29 is 24.2 Å². The summed E-state index contributed by atoms with van der Waals surface area (Å²) in [4.78, 5) is 30.3. The van der Waals surface area contributed by atoms with E-state index in [2.05, 4.69) is 25.7 Å². The summed E-state index contributed by atoms with van der Waals surface area (Å²) in [6.45, 7) is 12.3. The van der Waals surface area contributed by atoms with Crippen LogP contribution in [0.15, 0.2) is 54.1 Å². The molecular weight excluding hydrogens is 480 g/mol. The summed E-state index contributed by atoms with van der Waals surface area (Å²) in [5, 5.41) is 11.3. The van der Waals surface area contributed by atoms with Crippen molar-refractivity contribution >= 4 is 17.4 Å². The van der Waals surface area contributed by atoms with Gasteiger partial charge in [0, 0.05) is 18.7 Å². The average Bonchev–Trinajstić information content (AvgIpc) is 3.20. The van der Waals surface area contributed by atoms with Crippen LogP contribution in [0.25, 0.3) is 5.76 Å². The third-order valence-corrected chi connectivity index (χ3v) is 6.90. The third kappa shape index (κ3) is 7.16. The number of nitrogens with zero attached hydrogens (tertiary/aromatic N) is 2. The number of benzene rings is 2. The Bertz CT molecular complexity index is 1070. The van der Waals surface area contributed by atoms with Crippen LogP contribution in [0.1, 0.15) is 70.5 Å². The number of carbonyl (C=O) groups excluding carboxylic acids is 2. The molecule has 1 fully saturated rings. The number of aliphatic hydroxyl groups excluding tert-OH is 1. The molecule has 1 saturated heterocycles. The molecule has 1 atom stereocenters. The van der Waals surface area contributed by atoms with Gasteiger partial charge in [-0.15, -0.1) is 0 Å². The maximum atomic E-state index is 13.3. The predicted octanol–water partition coefficient (Wildman–Crippen LogP) is 5.81. The van der Waals surface area contributed by atoms with Gasteiger partial charge in [0.15, 0.2) is 0 Å². The molecule has 0 bridgehead atoms. The van der Waals surface area contributed by atoms with Crippen molar-refractivity contribution in [1.82, 2.24) is 9.80 Å². The molecule has 1 unspecified atom stereocenters. The summed E-state index contributed by atoms with van der Waals surface area (Å²) in [6, 6.07) is 13.8. The van der Waals surface area contributed by atoms with Crippen LogP contribution in [0.3, 0.4) is 0 Å². The van der Waals surface area contributed by atoms with Crippen LogP contribution in [0.2, 0.25) is 0 Å². The van der Waals surface area contributed by atoms with Crippen molar-refractivity contribution in [3.63, 3.8) is 0 Å². The van der Waals surface area contributed by atoms with E-state index in [1.165, 1.54) is 0 Å². The first-order valence-corrected chi connectivity index (χ1v) is 13.9. The van der Waals surface area contributed by atoms with E-state index in [1.807, 2.05) is 31.2 Å². The second-order valence-corrected chi connectivity index (χ2v) is 9.52. The Morgan fingerprint density at radius 1 is 0.842 bits per heavy atom. The minimum atomic E-state index is -0.685. The molecule has 2 aromatic carbocycles. The lowest BCUT2D eigenvalue weighted by molar-refractivity contribution is -0.140. The molecule has 1 aliphatic rings. The van der Waals surface area contributed by atoms with Gasteiger partial charge in [-0.3, -0.25) is 9.59 Å². The molecule has 38 heavy (non-hydrogen) atoms. The second-order valence-electron chi connectivity index (χ2n) is 9.52. The molecule has 0 saturated carbocycles. The highest BCUT2D eigenvalue weighted by Crippen LogP contribution is 2.40. The van der Waals surface area contributed by atoms with Crippen LogP contribution in [0, 0.1) is 0 Å². The predicted molar refractivity (Wildman–Crippen MR) is 150 cm³/mol. The topological polar surface area (TPSA) is 79.3 Å². The number of ketones is 1. The minimum Gasteiger partial charge on any atom is -0.507 e. The van der Waals surface area contributed by atoms with Gasteiger partial charge in [0.05, 0.1) is 24.8 Å². The molecule has 206 valence electrons. The molecule has 0 radical (unpaired) electrons. The van der Waals surface area contributed by atoms with E-state index in [0.717, 1.165) is 50.1 Å². The van der Waals surface area contributed by atoms with Crippen molar-refractivity contribution in [3.05, 3.63) is 65.2 Å². The van der Waals surface area contributed by atoms with Crippen molar-refractivity contribution in [2.45, 2.75) is 59.4 Å². The number of hydrogen-bond acceptors (Lipinski definition) is 6. The van der Waals surface area contributed by atoms with E-state index in [4.69, 9.17) is 9.47 Å². The molecule has 0 spiro atoms. The number of likely N-dealkylation sites (tertiary alicyclic amines) is 1. The fourth-order valence-electron chi connectivity index (χ4n) is 4.62. The molecule has 2 aromatic rings. The SMILES string of the molecule is CCCCCOc1ccc(C2C(=C(O)c3ccc(OCCC)cc3)C(=O)C(=O)N2CCN(CC)CC)cc1. The summed E-state index contributed by atoms with van der Waals surface area (Å²) >= 11 is 0. The van der Waals surface area contributed by atoms with Crippen molar-refractivity contribution in [3.8, 4) is 11.5 Å². The number of aliphatic hydroxyl groups is 1. The number of Topliss-reactive ketones (excluding diaryl/α,β-unsaturated/α-hetero) is 1. The van der Waals surface area contributed by atoms with Crippen LogP contribution < -0.4 is 9.47 Å². The maximum Gasteiger partial charge on any atom is 0.295 e. The smallest absolute Gasteiger partial charge is 0.295 e. The van der Waals surface area contributed by atoms with Gasteiger partial charge in [0.2, 0.25) is 0 Å². The number of amides is 1. The Kier molecular flexibility index (Phi) is 11.2. The van der Waals surface area contributed by atoms with Gasteiger partial charge in [-0.2, -0.15) is 0 Å². The number of ether oxygens (including phenoxy) is 2. The molecule has 3 rings (SSSR count). The van der Waals surface area contributed by atoms with Crippen LogP contribution in [0.5, 0.6) is 11.5 Å². The Balaban J connectivity index is 1.95. The number of carbonyl (C=O) groups is 2. The number of rotatable bonds is 15. The molecule has 1 N–H and O–H groups in total. The summed E-state index contributed by atoms with van der Waals surface area (Å²) in [7, 11) is 0. The van der Waals surface area contributed by atoms with Gasteiger partial charge in [-0.25, -0.2) is 0 Å². The molecule has 1 heterocycles. The van der Waals surface area contributed by atoms with Crippen LogP contribution in [0.4, 0.5) is 0 Å². The largest absolute Gasteiger partial charge is 0.507 e. The lowest BCUT2D eigenvalue weighted by Crippen LogP contribution is -2.38. The highest BCUT2D eigenvalue weighted by molar-refractivity contribution is 6.46. The Morgan fingerprint density at radius 2 is 1.45 bits per heavy atom. The Morgan fingerprint density at radius 3 is 2.03 bits per heavy atom. The van der Waals surface area contributed by atoms with E-state index in [-0.39, 0.29) is 11.3 Å². The lowest BCUT2D eigenvalue weighted by Gasteiger charge is -2.28. The van der Waals surface area contributed by atoms with Crippen molar-refractivity contribution in [2.75, 3.05) is 39.4 Å². The molecule has 7 heteroatoms. The first kappa shape index (κ1) is 29.2. The fraction of sp³-hybridized carbons (Fsp3) is 0.484. The zero-order valence-corrected chi connectivity index (χ0v) is 23.2. The molecule has 0 aromatic heterocycles. The van der Waals surface area contributed by atoms with Gasteiger partial charge in [0.25, 0.3) is 11.7 Å². The van der Waals surface area contributed by atoms with Gasteiger partial charge in [-0.05, 0) is 67.9 Å². The minimum absolute atomic E-state index is 0.105. The van der Waals surface area contributed by atoms with Gasteiger partial charge < -0.3 is 24.4 Å². The van der Waals surface area contributed by atoms with E-state index < -0.39 is 17.7 Å². The highest BCUT2D eigenvalue weighted by atomic mass is 16.5. The molecular formula is C31H42N2O5. The van der Waals surface area contributed by atoms with Crippen LogP contribution >= 0.6 is 0 Å². The zero-order chi connectivity index (χ0) is 27.5. The summed E-state index contributed by atoms with van der Waals surface area (Å²) in [6.07, 6.45) is 4.13. The molecule has 0 aliphatic carbocycles. The van der Waals surface area contributed by atoms with Crippen molar-refractivity contribution in [2.24, 2.45) is 0 Å². The second kappa shape index (κ2) is 14.6. The quantitative estimate of drug-likeness (QED) is 0.138. The Hall–Kier alpha value is -3.32. The monoisotopic (exact) mass is 522 g/mol. The summed E-state index contributed by atoms with van der Waals surface area (Å²) in [5.74, 6) is -0.00728. The van der Waals surface area contributed by atoms with E-state index in [1.54, 1.807) is 29.2 Å². The van der Waals surface area contributed by atoms with Gasteiger partial charge in [0.1, 0.15) is 17.3 Å². The Labute approximate surface area is 227 Å². The standard InChI is InChI=1S/C31H42N2O5/c1-5-9-10-22-38-26-15-11-23(12-16-26)28-27(29(34)24-13-17-25(18-14-24)37-21-6-2)30(35)31(36)33(28)20-19-32(7-3)8-4/h11-18,28,34H,5-10,19-22H2,1-4H3. The summed E-state index contributed by atoms with van der Waals surface area (Å²) < 4.78 is 11.5. The van der Waals surface area contributed by atoms with E-state index in [9.17, 15) is 14.7 Å².